The van der Waals surface area contributed by atoms with Gasteiger partial charge in [0.1, 0.15) is 0 Å². The van der Waals surface area contributed by atoms with Gasteiger partial charge in [0.25, 0.3) is 0 Å². The van der Waals surface area contributed by atoms with Gasteiger partial charge in [0, 0.05) is 0 Å². The van der Waals surface area contributed by atoms with Gasteiger partial charge in [-0.15, -0.1) is 10.2 Å². The lowest BCUT2D eigenvalue weighted by molar-refractivity contribution is -0.117. The molecule has 0 radical (unpaired) electrons. The quantitative estimate of drug-likeness (QED) is 0.598. The third-order valence-corrected chi connectivity index (χ3v) is 1.45. The highest BCUT2D eigenvalue weighted by molar-refractivity contribution is 5.76. The molecule has 2 aromatic rings. The molecule has 66 valence electrons. The van der Waals surface area contributed by atoms with Crippen LogP contribution in [0, 0.1) is 0 Å². The number of hydrogen-bond acceptors (Lipinski definition) is 5. The van der Waals surface area contributed by atoms with Gasteiger partial charge in [-0.05, 0) is 0 Å². The fourth-order valence-corrected chi connectivity index (χ4v) is 0.946. The molecule has 0 unspecified atom stereocenters. The summed E-state index contributed by atoms with van der Waals surface area (Å²) in [6.07, 6.45) is 1.52. The first kappa shape index (κ1) is 7.59. The van der Waals surface area contributed by atoms with Gasteiger partial charge in [0.2, 0.25) is 17.2 Å². The zero-order valence-electron chi connectivity index (χ0n) is 6.56. The molecule has 0 aliphatic heterocycles. The van der Waals surface area contributed by atoms with E-state index in [9.17, 15) is 4.79 Å². The van der Waals surface area contributed by atoms with Crippen LogP contribution in [0.2, 0.25) is 0 Å². The molecule has 0 saturated carbocycles. The Hall–Kier alpha value is -2.05. The Bertz CT molecular complexity index is 449. The molecular formula is C6H6N6O. The van der Waals surface area contributed by atoms with E-state index in [2.05, 4.69) is 25.4 Å². The molecule has 2 rings (SSSR count). The van der Waals surface area contributed by atoms with Crippen LogP contribution in [0.5, 0.6) is 0 Å². The number of carbonyl (C=O) groups excluding carboxylic acids is 1. The Morgan fingerprint density at radius 1 is 1.46 bits per heavy atom. The van der Waals surface area contributed by atoms with Crippen molar-refractivity contribution in [2.24, 2.45) is 5.73 Å². The number of fused-ring (bicyclic) bond motifs is 1. The summed E-state index contributed by atoms with van der Waals surface area (Å²) in [5.74, 6) is -0.447. The number of nitrogens with zero attached hydrogens (tertiary/aromatic N) is 4. The second-order valence-corrected chi connectivity index (χ2v) is 2.48. The summed E-state index contributed by atoms with van der Waals surface area (Å²) >= 11 is 0. The number of rotatable bonds is 2. The molecule has 3 N–H and O–H groups in total. The number of nitrogens with one attached hydrogen (secondary N) is 1. The topological polar surface area (TPSA) is 110 Å². The highest BCUT2D eigenvalue weighted by atomic mass is 16.1. The average molecular weight is 178 g/mol. The van der Waals surface area contributed by atoms with Crippen LogP contribution in [0.25, 0.3) is 11.3 Å². The summed E-state index contributed by atoms with van der Waals surface area (Å²) in [7, 11) is 0. The van der Waals surface area contributed by atoms with Crippen molar-refractivity contribution in [2.75, 3.05) is 0 Å². The maximum Gasteiger partial charge on any atom is 0.223 e. The molecular weight excluding hydrogens is 172 g/mol. The Balaban J connectivity index is 2.42. The van der Waals surface area contributed by atoms with Crippen molar-refractivity contribution < 1.29 is 4.79 Å². The molecule has 0 aliphatic carbocycles. The predicted octanol–water partition coefficient (Wildman–Crippen LogP) is -1.22. The van der Waals surface area contributed by atoms with Gasteiger partial charge in [0.05, 0.1) is 18.3 Å². The highest BCUT2D eigenvalue weighted by Crippen LogP contribution is 2.01. The van der Waals surface area contributed by atoms with Gasteiger partial charge in [-0.2, -0.15) is 5.21 Å². The first-order valence-electron chi connectivity index (χ1n) is 3.56. The summed E-state index contributed by atoms with van der Waals surface area (Å²) < 4.78 is 0. The first-order chi connectivity index (χ1) is 6.25. The number of aromatic nitrogens is 5. The van der Waals surface area contributed by atoms with Crippen LogP contribution in [0.15, 0.2) is 6.20 Å². The first-order valence-corrected chi connectivity index (χ1v) is 3.56. The smallest absolute Gasteiger partial charge is 0.223 e. The number of nitrogens with two attached hydrogens (primary N) is 1. The minimum atomic E-state index is -0.447. The summed E-state index contributed by atoms with van der Waals surface area (Å²) in [6.45, 7) is 0. The molecule has 2 heterocycles. The fourth-order valence-electron chi connectivity index (χ4n) is 0.946. The Kier molecular flexibility index (Phi) is 1.62. The zero-order valence-corrected chi connectivity index (χ0v) is 6.56. The van der Waals surface area contributed by atoms with Crippen molar-refractivity contribution in [3.05, 3.63) is 11.9 Å². The summed E-state index contributed by atoms with van der Waals surface area (Å²) in [4.78, 5) is 18.5. The van der Waals surface area contributed by atoms with Crippen molar-refractivity contribution in [1.82, 2.24) is 25.4 Å². The van der Waals surface area contributed by atoms with E-state index in [0.29, 0.717) is 17.0 Å². The van der Waals surface area contributed by atoms with Crippen LogP contribution >= 0.6 is 0 Å². The average Bonchev–Trinajstić information content (AvgIpc) is 2.49. The standard InChI is InChI=1S/C6H6N6O/c7-4(13)1-3-2-8-5-6(9-3)11-12-10-5/h2H,1H2,(H2,7,13)(H,8,9,10,11,12). The molecule has 2 aromatic heterocycles. The number of H-pyrrole nitrogens is 1. The number of hydrogen-bond donors (Lipinski definition) is 2. The SMILES string of the molecule is NC(=O)Cc1cnc2n[nH]nc2n1. The van der Waals surface area contributed by atoms with E-state index >= 15 is 0 Å². The third-order valence-electron chi connectivity index (χ3n) is 1.45. The highest BCUT2D eigenvalue weighted by Gasteiger charge is 2.04. The molecule has 7 heteroatoms. The Labute approximate surface area is 72.4 Å². The van der Waals surface area contributed by atoms with E-state index in [-0.39, 0.29) is 6.42 Å². The summed E-state index contributed by atoms with van der Waals surface area (Å²) in [6, 6.07) is 0. The second kappa shape index (κ2) is 2.77. The van der Waals surface area contributed by atoms with Crippen LogP contribution < -0.4 is 5.73 Å². The van der Waals surface area contributed by atoms with Gasteiger partial charge in [-0.1, -0.05) is 0 Å². The van der Waals surface area contributed by atoms with Crippen molar-refractivity contribution in [3.63, 3.8) is 0 Å². The van der Waals surface area contributed by atoms with Crippen LogP contribution in [0.3, 0.4) is 0 Å². The van der Waals surface area contributed by atoms with Gasteiger partial charge in [0.15, 0.2) is 0 Å². The van der Waals surface area contributed by atoms with Crippen molar-refractivity contribution >= 4 is 17.2 Å². The van der Waals surface area contributed by atoms with Crippen molar-refractivity contribution in [2.45, 2.75) is 6.42 Å². The van der Waals surface area contributed by atoms with E-state index in [1.165, 1.54) is 6.20 Å². The maximum atomic E-state index is 10.6. The minimum Gasteiger partial charge on any atom is -0.369 e. The fraction of sp³-hybridized carbons (Fsp3) is 0.167. The molecule has 0 fully saturated rings. The molecule has 0 bridgehead atoms. The van der Waals surface area contributed by atoms with Crippen LogP contribution in [0.1, 0.15) is 5.69 Å². The zero-order chi connectivity index (χ0) is 9.26. The molecule has 0 aromatic carbocycles. The summed E-state index contributed by atoms with van der Waals surface area (Å²) in [5, 5.41) is 9.81. The van der Waals surface area contributed by atoms with E-state index in [1.54, 1.807) is 0 Å². The van der Waals surface area contributed by atoms with E-state index < -0.39 is 5.91 Å². The molecule has 1 amide bonds. The Morgan fingerprint density at radius 3 is 3.00 bits per heavy atom. The van der Waals surface area contributed by atoms with Crippen molar-refractivity contribution in [1.29, 1.82) is 0 Å². The van der Waals surface area contributed by atoms with Gasteiger partial charge >= 0.3 is 0 Å². The number of amides is 1. The largest absolute Gasteiger partial charge is 0.369 e. The normalized spacial score (nSPS) is 10.5. The molecule has 0 atom stereocenters. The lowest BCUT2D eigenvalue weighted by Gasteiger charge is -1.93. The van der Waals surface area contributed by atoms with E-state index in [1.807, 2.05) is 0 Å². The lowest BCUT2D eigenvalue weighted by atomic mass is 10.3. The molecule has 13 heavy (non-hydrogen) atoms. The third kappa shape index (κ3) is 1.43. The van der Waals surface area contributed by atoms with Gasteiger partial charge in [-0.25, -0.2) is 9.97 Å². The molecule has 0 saturated heterocycles. The van der Waals surface area contributed by atoms with Gasteiger partial charge < -0.3 is 5.73 Å². The second-order valence-electron chi connectivity index (χ2n) is 2.48. The number of aromatic amines is 1. The van der Waals surface area contributed by atoms with E-state index in [0.717, 1.165) is 0 Å². The lowest BCUT2D eigenvalue weighted by Crippen LogP contribution is -2.14. The number of primary amides is 1. The van der Waals surface area contributed by atoms with E-state index in [4.69, 9.17) is 5.73 Å². The molecule has 7 nitrogen and oxygen atoms in total. The predicted molar refractivity (Wildman–Crippen MR) is 42.4 cm³/mol. The minimum absolute atomic E-state index is 0.0653. The van der Waals surface area contributed by atoms with Crippen molar-refractivity contribution in [3.8, 4) is 0 Å². The molecule has 0 spiro atoms. The Morgan fingerprint density at radius 2 is 2.23 bits per heavy atom. The van der Waals surface area contributed by atoms with Crippen LogP contribution in [0.4, 0.5) is 0 Å². The summed E-state index contributed by atoms with van der Waals surface area (Å²) in [5.41, 5.74) is 6.30. The maximum absolute atomic E-state index is 10.6. The van der Waals surface area contributed by atoms with Gasteiger partial charge in [-0.3, -0.25) is 4.79 Å². The molecule has 0 aliphatic rings. The van der Waals surface area contributed by atoms with Crippen LogP contribution in [-0.4, -0.2) is 31.3 Å². The van der Waals surface area contributed by atoms with Crippen LogP contribution in [-0.2, 0) is 11.2 Å². The number of carbonyl (C=O) groups is 1. The monoisotopic (exact) mass is 178 g/mol.